The minimum Gasteiger partial charge on any atom is -0.494 e. The van der Waals surface area contributed by atoms with E-state index in [4.69, 9.17) is 9.47 Å². The van der Waals surface area contributed by atoms with E-state index < -0.39 is 0 Å². The van der Waals surface area contributed by atoms with Crippen molar-refractivity contribution in [1.82, 2.24) is 0 Å². The van der Waals surface area contributed by atoms with Gasteiger partial charge in [0.15, 0.2) is 0 Å². The maximum Gasteiger partial charge on any atom is 0.119 e. The van der Waals surface area contributed by atoms with Crippen LogP contribution in [-0.4, -0.2) is 13.2 Å². The molecule has 0 aliphatic rings. The van der Waals surface area contributed by atoms with Gasteiger partial charge in [-0.2, -0.15) is 0 Å². The largest absolute Gasteiger partial charge is 0.494 e. The zero-order chi connectivity index (χ0) is 31.5. The average Bonchev–Trinajstić information content (AvgIpc) is 3.05. The Kier molecular flexibility index (Phi) is 22.5. The number of hydrogen-bond acceptors (Lipinski definition) is 2. The SMILES string of the molecule is CCCCCCCCCCCCOc1ccc(/C(CC)=C(\CC)c2ccc(OCCCCCCCCCCCC)cc2)cc1. The quantitative estimate of drug-likeness (QED) is 0.0710. The van der Waals surface area contributed by atoms with Gasteiger partial charge in [0.25, 0.3) is 0 Å². The summed E-state index contributed by atoms with van der Waals surface area (Å²) in [6, 6.07) is 17.6. The Morgan fingerprint density at radius 1 is 0.364 bits per heavy atom. The van der Waals surface area contributed by atoms with Gasteiger partial charge in [-0.15, -0.1) is 0 Å². The molecule has 2 nitrogen and oxygen atoms in total. The Morgan fingerprint density at radius 2 is 0.636 bits per heavy atom. The second-order valence-corrected chi connectivity index (χ2v) is 12.8. The second kappa shape index (κ2) is 26.0. The van der Waals surface area contributed by atoms with Crippen molar-refractivity contribution >= 4 is 11.1 Å². The van der Waals surface area contributed by atoms with E-state index in [9.17, 15) is 0 Å². The highest BCUT2D eigenvalue weighted by molar-refractivity contribution is 5.90. The summed E-state index contributed by atoms with van der Waals surface area (Å²) in [5, 5.41) is 0. The lowest BCUT2D eigenvalue weighted by molar-refractivity contribution is 0.304. The van der Waals surface area contributed by atoms with Crippen LogP contribution in [-0.2, 0) is 0 Å². The van der Waals surface area contributed by atoms with Crippen molar-refractivity contribution < 1.29 is 9.47 Å². The van der Waals surface area contributed by atoms with E-state index in [0.29, 0.717) is 0 Å². The van der Waals surface area contributed by atoms with Gasteiger partial charge in [-0.25, -0.2) is 0 Å². The monoisotopic (exact) mass is 605 g/mol. The van der Waals surface area contributed by atoms with Crippen LogP contribution in [0.2, 0.25) is 0 Å². The Hall–Kier alpha value is -2.22. The lowest BCUT2D eigenvalue weighted by atomic mass is 9.91. The van der Waals surface area contributed by atoms with Crippen LogP contribution in [0.3, 0.4) is 0 Å². The molecule has 248 valence electrons. The molecular formula is C42H68O2. The molecule has 0 saturated carbocycles. The molecule has 2 aromatic carbocycles. The Labute approximate surface area is 273 Å². The van der Waals surface area contributed by atoms with E-state index in [-0.39, 0.29) is 0 Å². The summed E-state index contributed by atoms with van der Waals surface area (Å²) in [5.41, 5.74) is 5.45. The van der Waals surface area contributed by atoms with Crippen LogP contribution in [0.15, 0.2) is 48.5 Å². The van der Waals surface area contributed by atoms with Crippen molar-refractivity contribution in [3.63, 3.8) is 0 Å². The lowest BCUT2D eigenvalue weighted by Crippen LogP contribution is -1.98. The molecule has 0 unspecified atom stereocenters. The molecule has 2 heteroatoms. The molecule has 0 aliphatic heterocycles. The number of ether oxygens (including phenoxy) is 2. The van der Waals surface area contributed by atoms with Gasteiger partial charge < -0.3 is 9.47 Å². The molecule has 0 aliphatic carbocycles. The number of rotatable bonds is 28. The molecule has 0 saturated heterocycles. The van der Waals surface area contributed by atoms with Gasteiger partial charge in [-0.1, -0.05) is 168 Å². The van der Waals surface area contributed by atoms with Gasteiger partial charge in [0.05, 0.1) is 13.2 Å². The summed E-state index contributed by atoms with van der Waals surface area (Å²) in [4.78, 5) is 0. The molecule has 0 atom stereocenters. The van der Waals surface area contributed by atoms with Crippen molar-refractivity contribution in [3.05, 3.63) is 59.7 Å². The highest BCUT2D eigenvalue weighted by Crippen LogP contribution is 2.33. The number of hydrogen-bond donors (Lipinski definition) is 0. The maximum atomic E-state index is 6.08. The number of unbranched alkanes of at least 4 members (excludes halogenated alkanes) is 18. The number of allylic oxidation sites excluding steroid dienone is 2. The molecular weight excluding hydrogens is 536 g/mol. The van der Waals surface area contributed by atoms with Gasteiger partial charge in [0, 0.05) is 0 Å². The average molecular weight is 605 g/mol. The minimum atomic E-state index is 0.820. The molecule has 0 radical (unpaired) electrons. The van der Waals surface area contributed by atoms with Crippen molar-refractivity contribution in [3.8, 4) is 11.5 Å². The predicted octanol–water partition coefficient (Wildman–Crippen LogP) is 14.0. The first-order valence-corrected chi connectivity index (χ1v) is 18.9. The van der Waals surface area contributed by atoms with Crippen LogP contribution in [0, 0.1) is 0 Å². The second-order valence-electron chi connectivity index (χ2n) is 12.8. The minimum absolute atomic E-state index is 0.820. The van der Waals surface area contributed by atoms with Crippen molar-refractivity contribution in [2.75, 3.05) is 13.2 Å². The fraction of sp³-hybridized carbons (Fsp3) is 0.667. The van der Waals surface area contributed by atoms with Crippen LogP contribution in [0.1, 0.15) is 180 Å². The molecule has 44 heavy (non-hydrogen) atoms. The molecule has 0 bridgehead atoms. The zero-order valence-corrected chi connectivity index (χ0v) is 29.4. The first kappa shape index (κ1) is 38.0. The highest BCUT2D eigenvalue weighted by atomic mass is 16.5. The summed E-state index contributed by atoms with van der Waals surface area (Å²) in [6.45, 7) is 10.7. The molecule has 0 heterocycles. The van der Waals surface area contributed by atoms with Crippen LogP contribution in [0.4, 0.5) is 0 Å². The fourth-order valence-electron chi connectivity index (χ4n) is 6.25. The molecule has 0 N–H and O–H groups in total. The van der Waals surface area contributed by atoms with Crippen LogP contribution < -0.4 is 9.47 Å². The van der Waals surface area contributed by atoms with Crippen molar-refractivity contribution in [2.24, 2.45) is 0 Å². The van der Waals surface area contributed by atoms with E-state index in [1.807, 2.05) is 0 Å². The van der Waals surface area contributed by atoms with E-state index in [0.717, 1.165) is 50.4 Å². The Morgan fingerprint density at radius 3 is 0.909 bits per heavy atom. The van der Waals surface area contributed by atoms with Gasteiger partial charge in [-0.3, -0.25) is 0 Å². The fourth-order valence-corrected chi connectivity index (χ4v) is 6.25. The van der Waals surface area contributed by atoms with Crippen molar-refractivity contribution in [2.45, 2.75) is 169 Å². The molecule has 2 aromatic rings. The summed E-state index contributed by atoms with van der Waals surface area (Å²) in [5.74, 6) is 1.98. The van der Waals surface area contributed by atoms with E-state index in [2.05, 4.69) is 76.2 Å². The van der Waals surface area contributed by atoms with Gasteiger partial charge in [0.2, 0.25) is 0 Å². The predicted molar refractivity (Wildman–Crippen MR) is 195 cm³/mol. The topological polar surface area (TPSA) is 18.5 Å². The normalized spacial score (nSPS) is 11.9. The van der Waals surface area contributed by atoms with Crippen LogP contribution >= 0.6 is 0 Å². The third-order valence-corrected chi connectivity index (χ3v) is 9.01. The molecule has 0 fully saturated rings. The molecule has 0 aromatic heterocycles. The van der Waals surface area contributed by atoms with E-state index in [1.54, 1.807) is 0 Å². The van der Waals surface area contributed by atoms with Gasteiger partial charge in [-0.05, 0) is 72.2 Å². The third kappa shape index (κ3) is 16.7. The summed E-state index contributed by atoms with van der Waals surface area (Å²) in [6.07, 6.45) is 29.1. The zero-order valence-electron chi connectivity index (χ0n) is 29.4. The van der Waals surface area contributed by atoms with E-state index >= 15 is 0 Å². The highest BCUT2D eigenvalue weighted by Gasteiger charge is 2.10. The van der Waals surface area contributed by atoms with Gasteiger partial charge in [0.1, 0.15) is 11.5 Å². The number of benzene rings is 2. The van der Waals surface area contributed by atoms with Crippen LogP contribution in [0.25, 0.3) is 11.1 Å². The maximum absolute atomic E-state index is 6.08. The first-order valence-electron chi connectivity index (χ1n) is 18.9. The first-order chi connectivity index (χ1) is 21.7. The Balaban J connectivity index is 1.71. The lowest BCUT2D eigenvalue weighted by Gasteiger charge is -2.15. The standard InChI is InChI=1S/C42H68O2/c1-5-9-11-13-15-17-19-21-23-25-35-43-39-31-27-37(28-32-39)41(7-3)42(8-4)38-29-33-40(34-30-38)44-36-26-24-22-20-18-16-14-12-10-6-2/h27-34H,5-26,35-36H2,1-4H3/b42-41+. The molecule has 0 spiro atoms. The smallest absolute Gasteiger partial charge is 0.119 e. The van der Waals surface area contributed by atoms with Gasteiger partial charge >= 0.3 is 0 Å². The summed E-state index contributed by atoms with van der Waals surface area (Å²) >= 11 is 0. The van der Waals surface area contributed by atoms with Crippen LogP contribution in [0.5, 0.6) is 11.5 Å². The molecule has 0 amide bonds. The van der Waals surface area contributed by atoms with E-state index in [1.165, 1.54) is 138 Å². The Bertz CT molecular complexity index is 877. The summed E-state index contributed by atoms with van der Waals surface area (Å²) in [7, 11) is 0. The molecule has 2 rings (SSSR count). The summed E-state index contributed by atoms with van der Waals surface area (Å²) < 4.78 is 12.2. The third-order valence-electron chi connectivity index (χ3n) is 9.01. The van der Waals surface area contributed by atoms with Crippen molar-refractivity contribution in [1.29, 1.82) is 0 Å².